The predicted molar refractivity (Wildman–Crippen MR) is 118 cm³/mol. The van der Waals surface area contributed by atoms with Crippen LogP contribution in [0.15, 0.2) is 52.4 Å². The molecule has 1 saturated heterocycles. The number of aromatic nitrogens is 1. The molecule has 0 spiro atoms. The number of fused-ring (bicyclic) bond motifs is 1. The van der Waals surface area contributed by atoms with Gasteiger partial charge in [-0.1, -0.05) is 11.6 Å². The van der Waals surface area contributed by atoms with Gasteiger partial charge >= 0.3 is 0 Å². The van der Waals surface area contributed by atoms with Gasteiger partial charge in [0.25, 0.3) is 0 Å². The van der Waals surface area contributed by atoms with Crippen molar-refractivity contribution < 1.29 is 17.9 Å². The number of piperidine rings is 1. The second-order valence-corrected chi connectivity index (χ2v) is 9.56. The molecule has 0 unspecified atom stereocenters. The first-order valence-corrected chi connectivity index (χ1v) is 11.6. The van der Waals surface area contributed by atoms with Crippen LogP contribution in [-0.2, 0) is 9.84 Å². The Labute approximate surface area is 181 Å². The number of nitrogens with zero attached hydrogens (tertiary/aromatic N) is 2. The van der Waals surface area contributed by atoms with Crippen molar-refractivity contribution in [2.45, 2.75) is 29.1 Å². The Morgan fingerprint density at radius 2 is 1.60 bits per heavy atom. The molecule has 3 aromatic rings. The van der Waals surface area contributed by atoms with Crippen molar-refractivity contribution >= 4 is 38.0 Å². The molecule has 30 heavy (non-hydrogen) atoms. The van der Waals surface area contributed by atoms with Gasteiger partial charge in [0.05, 0.1) is 30.3 Å². The first kappa shape index (κ1) is 20.8. The lowest BCUT2D eigenvalue weighted by Gasteiger charge is -2.31. The highest BCUT2D eigenvalue weighted by atomic mass is 35.5. The molecule has 8 heteroatoms. The van der Waals surface area contributed by atoms with E-state index in [1.54, 1.807) is 32.4 Å². The van der Waals surface area contributed by atoms with E-state index in [1.807, 2.05) is 6.07 Å². The van der Waals surface area contributed by atoms with Crippen molar-refractivity contribution in [1.82, 2.24) is 4.98 Å². The van der Waals surface area contributed by atoms with Crippen molar-refractivity contribution in [3.63, 3.8) is 0 Å². The minimum Gasteiger partial charge on any atom is -0.493 e. The van der Waals surface area contributed by atoms with E-state index in [0.29, 0.717) is 27.7 Å². The zero-order chi connectivity index (χ0) is 21.3. The van der Waals surface area contributed by atoms with E-state index < -0.39 is 9.84 Å². The van der Waals surface area contributed by atoms with E-state index in [9.17, 15) is 8.42 Å². The summed E-state index contributed by atoms with van der Waals surface area (Å²) in [6.07, 6.45) is 4.60. The third-order valence-electron chi connectivity index (χ3n) is 5.40. The largest absolute Gasteiger partial charge is 0.493 e. The normalized spacial score (nSPS) is 14.7. The predicted octanol–water partition coefficient (Wildman–Crippen LogP) is 4.73. The lowest BCUT2D eigenvalue weighted by molar-refractivity contribution is 0.356. The zero-order valence-corrected chi connectivity index (χ0v) is 18.5. The Balaban J connectivity index is 2.00. The first-order chi connectivity index (χ1) is 14.5. The lowest BCUT2D eigenvalue weighted by atomic mass is 10.1. The molecule has 158 valence electrons. The Bertz CT molecular complexity index is 1170. The summed E-state index contributed by atoms with van der Waals surface area (Å²) < 4.78 is 38.0. The van der Waals surface area contributed by atoms with Crippen molar-refractivity contribution in [2.24, 2.45) is 0 Å². The molecular weight excluding hydrogens is 424 g/mol. The van der Waals surface area contributed by atoms with Gasteiger partial charge in [0.1, 0.15) is 4.90 Å². The second kappa shape index (κ2) is 8.32. The fourth-order valence-electron chi connectivity index (χ4n) is 3.87. The van der Waals surface area contributed by atoms with Crippen LogP contribution in [0, 0.1) is 0 Å². The molecule has 1 fully saturated rings. The Kier molecular flexibility index (Phi) is 5.75. The Morgan fingerprint density at radius 3 is 2.23 bits per heavy atom. The molecule has 1 aliphatic rings. The van der Waals surface area contributed by atoms with Crippen LogP contribution in [0.5, 0.6) is 11.5 Å². The number of anilines is 1. The van der Waals surface area contributed by atoms with Crippen LogP contribution in [0.1, 0.15) is 19.3 Å². The number of pyridine rings is 1. The van der Waals surface area contributed by atoms with Gasteiger partial charge in [-0.25, -0.2) is 8.42 Å². The van der Waals surface area contributed by atoms with Gasteiger partial charge in [0.15, 0.2) is 11.5 Å². The van der Waals surface area contributed by atoms with Gasteiger partial charge in [-0.15, -0.1) is 0 Å². The van der Waals surface area contributed by atoms with Gasteiger partial charge in [0, 0.05) is 35.8 Å². The number of sulfone groups is 1. The summed E-state index contributed by atoms with van der Waals surface area (Å²) in [6.45, 7) is 1.58. The minimum absolute atomic E-state index is 0.187. The standard InChI is InChI=1S/C22H23ClN2O4S/c1-28-19-12-17-18(13-20(19)29-2)24-14-21(22(17)25-10-4-3-5-11-25)30(26,27)16-8-6-15(23)7-9-16/h6-9,12-14H,3-5,10-11H2,1-2H3. The summed E-state index contributed by atoms with van der Waals surface area (Å²) in [5.74, 6) is 1.08. The highest BCUT2D eigenvalue weighted by molar-refractivity contribution is 7.91. The first-order valence-electron chi connectivity index (χ1n) is 9.76. The number of benzene rings is 2. The summed E-state index contributed by atoms with van der Waals surface area (Å²) in [5.41, 5.74) is 1.32. The number of ether oxygens (including phenoxy) is 2. The Hall–Kier alpha value is -2.51. The Morgan fingerprint density at radius 1 is 0.967 bits per heavy atom. The van der Waals surface area contributed by atoms with Gasteiger partial charge in [-0.3, -0.25) is 4.98 Å². The van der Waals surface area contributed by atoms with Crippen LogP contribution in [0.25, 0.3) is 10.9 Å². The maximum absolute atomic E-state index is 13.6. The van der Waals surface area contributed by atoms with Crippen LogP contribution >= 0.6 is 11.6 Å². The van der Waals surface area contributed by atoms with Crippen LogP contribution in [0.3, 0.4) is 0 Å². The number of rotatable bonds is 5. The van der Waals surface area contributed by atoms with Crippen LogP contribution in [0.4, 0.5) is 5.69 Å². The molecule has 0 radical (unpaired) electrons. The molecule has 1 aromatic heterocycles. The summed E-state index contributed by atoms with van der Waals surface area (Å²) >= 11 is 5.96. The SMILES string of the molecule is COc1cc2ncc(S(=O)(=O)c3ccc(Cl)cc3)c(N3CCCCC3)c2cc1OC. The average Bonchev–Trinajstić information content (AvgIpc) is 2.78. The van der Waals surface area contributed by atoms with Crippen molar-refractivity contribution in [2.75, 3.05) is 32.2 Å². The smallest absolute Gasteiger partial charge is 0.210 e. The summed E-state index contributed by atoms with van der Waals surface area (Å²) in [7, 11) is -0.672. The molecule has 0 aliphatic carbocycles. The van der Waals surface area contributed by atoms with E-state index >= 15 is 0 Å². The number of hydrogen-bond acceptors (Lipinski definition) is 6. The van der Waals surface area contributed by atoms with Crippen molar-refractivity contribution in [3.8, 4) is 11.5 Å². The van der Waals surface area contributed by atoms with Gasteiger partial charge in [0.2, 0.25) is 9.84 Å². The maximum Gasteiger partial charge on any atom is 0.210 e. The van der Waals surface area contributed by atoms with E-state index in [1.165, 1.54) is 18.3 Å². The minimum atomic E-state index is -3.80. The average molecular weight is 447 g/mol. The molecule has 4 rings (SSSR count). The molecule has 2 heterocycles. The van der Waals surface area contributed by atoms with Gasteiger partial charge in [-0.05, 0) is 49.6 Å². The molecule has 1 aliphatic heterocycles. The highest BCUT2D eigenvalue weighted by Gasteiger charge is 2.28. The quantitative estimate of drug-likeness (QED) is 0.564. The monoisotopic (exact) mass is 446 g/mol. The number of hydrogen-bond donors (Lipinski definition) is 0. The fourth-order valence-corrected chi connectivity index (χ4v) is 5.43. The van der Waals surface area contributed by atoms with Crippen molar-refractivity contribution in [1.29, 1.82) is 0 Å². The zero-order valence-electron chi connectivity index (χ0n) is 16.9. The van der Waals surface area contributed by atoms with E-state index in [-0.39, 0.29) is 9.79 Å². The molecule has 0 N–H and O–H groups in total. The number of methoxy groups -OCH3 is 2. The van der Waals surface area contributed by atoms with Crippen LogP contribution < -0.4 is 14.4 Å². The summed E-state index contributed by atoms with van der Waals surface area (Å²) in [5, 5.41) is 1.21. The third kappa shape index (κ3) is 3.68. The summed E-state index contributed by atoms with van der Waals surface area (Å²) in [4.78, 5) is 6.98. The maximum atomic E-state index is 13.6. The molecular formula is C22H23ClN2O4S. The van der Waals surface area contributed by atoms with Gasteiger partial charge < -0.3 is 14.4 Å². The third-order valence-corrected chi connectivity index (χ3v) is 7.42. The molecule has 0 saturated carbocycles. The molecule has 0 bridgehead atoms. The lowest BCUT2D eigenvalue weighted by Crippen LogP contribution is -2.31. The highest BCUT2D eigenvalue weighted by Crippen LogP contribution is 2.41. The number of halogens is 1. The van der Waals surface area contributed by atoms with Crippen LogP contribution in [0.2, 0.25) is 5.02 Å². The van der Waals surface area contributed by atoms with E-state index in [4.69, 9.17) is 21.1 Å². The second-order valence-electron chi connectivity index (χ2n) is 7.20. The topological polar surface area (TPSA) is 68.7 Å². The summed E-state index contributed by atoms with van der Waals surface area (Å²) in [6, 6.07) is 9.80. The molecule has 0 amide bonds. The molecule has 6 nitrogen and oxygen atoms in total. The van der Waals surface area contributed by atoms with E-state index in [2.05, 4.69) is 9.88 Å². The van der Waals surface area contributed by atoms with Gasteiger partial charge in [-0.2, -0.15) is 0 Å². The van der Waals surface area contributed by atoms with Crippen molar-refractivity contribution in [3.05, 3.63) is 47.6 Å². The fraction of sp³-hybridized carbons (Fsp3) is 0.318. The molecule has 0 atom stereocenters. The van der Waals surface area contributed by atoms with Crippen LogP contribution in [-0.4, -0.2) is 40.7 Å². The molecule has 2 aromatic carbocycles. The van der Waals surface area contributed by atoms with E-state index in [0.717, 1.165) is 37.7 Å².